The number of hydrogen-bond acceptors (Lipinski definition) is 5. The number of phenolic OH excluding ortho intramolecular Hbond substituents is 1. The molecule has 0 heterocycles. The largest absolute Gasteiger partial charge is 0.506 e. The molecule has 0 fully saturated rings. The predicted octanol–water partition coefficient (Wildman–Crippen LogP) is 4.47. The van der Waals surface area contributed by atoms with E-state index in [0.29, 0.717) is 17.7 Å². The molecular formula is C20H23NO4S. The third-order valence-electron chi connectivity index (χ3n) is 3.78. The zero-order chi connectivity index (χ0) is 18.8. The molecule has 0 atom stereocenters. The van der Waals surface area contributed by atoms with Gasteiger partial charge in [0.1, 0.15) is 5.75 Å². The summed E-state index contributed by atoms with van der Waals surface area (Å²) in [5, 5.41) is 12.3. The van der Waals surface area contributed by atoms with Crippen LogP contribution in [0.1, 0.15) is 36.0 Å². The number of esters is 1. The van der Waals surface area contributed by atoms with Crippen LogP contribution in [0.2, 0.25) is 0 Å². The summed E-state index contributed by atoms with van der Waals surface area (Å²) in [6, 6.07) is 14.1. The highest BCUT2D eigenvalue weighted by Gasteiger charge is 2.11. The Kier molecular flexibility index (Phi) is 8.02. The maximum absolute atomic E-state index is 11.9. The molecule has 6 heteroatoms. The summed E-state index contributed by atoms with van der Waals surface area (Å²) in [5.74, 6) is 0.514. The minimum absolute atomic E-state index is 0.0709. The first-order valence-corrected chi connectivity index (χ1v) is 9.48. The van der Waals surface area contributed by atoms with Crippen molar-refractivity contribution in [3.05, 3.63) is 54.1 Å². The maximum atomic E-state index is 11.9. The Morgan fingerprint density at radius 2 is 1.77 bits per heavy atom. The van der Waals surface area contributed by atoms with Crippen LogP contribution in [-0.4, -0.2) is 29.8 Å². The van der Waals surface area contributed by atoms with Crippen molar-refractivity contribution in [1.82, 2.24) is 0 Å². The van der Waals surface area contributed by atoms with E-state index in [0.717, 1.165) is 29.9 Å². The van der Waals surface area contributed by atoms with E-state index in [9.17, 15) is 14.7 Å². The molecule has 0 spiro atoms. The SMILES string of the molecule is COC(=O)c1ccccc1SCCCCCC(=O)Nc1ccccc1O. The molecule has 0 aromatic heterocycles. The van der Waals surface area contributed by atoms with Gasteiger partial charge in [-0.15, -0.1) is 11.8 Å². The average molecular weight is 373 g/mol. The van der Waals surface area contributed by atoms with E-state index in [1.165, 1.54) is 7.11 Å². The number of thioether (sulfide) groups is 1. The molecule has 0 aliphatic carbocycles. The number of unbranched alkanes of at least 4 members (excludes halogenated alkanes) is 2. The third kappa shape index (κ3) is 6.11. The van der Waals surface area contributed by atoms with E-state index in [4.69, 9.17) is 4.74 Å². The Balaban J connectivity index is 1.66. The molecule has 0 saturated carbocycles. The van der Waals surface area contributed by atoms with Crippen molar-refractivity contribution < 1.29 is 19.4 Å². The highest BCUT2D eigenvalue weighted by Crippen LogP contribution is 2.25. The first-order chi connectivity index (χ1) is 12.6. The lowest BCUT2D eigenvalue weighted by Gasteiger charge is -2.08. The fourth-order valence-electron chi connectivity index (χ4n) is 2.41. The van der Waals surface area contributed by atoms with Gasteiger partial charge in [0.25, 0.3) is 0 Å². The summed E-state index contributed by atoms with van der Waals surface area (Å²) in [6.45, 7) is 0. The maximum Gasteiger partial charge on any atom is 0.338 e. The Morgan fingerprint density at radius 1 is 1.04 bits per heavy atom. The van der Waals surface area contributed by atoms with Crippen LogP contribution in [-0.2, 0) is 9.53 Å². The van der Waals surface area contributed by atoms with Gasteiger partial charge >= 0.3 is 5.97 Å². The summed E-state index contributed by atoms with van der Waals surface area (Å²) in [4.78, 5) is 24.5. The van der Waals surface area contributed by atoms with Crippen LogP contribution in [0.3, 0.4) is 0 Å². The topological polar surface area (TPSA) is 75.6 Å². The molecule has 26 heavy (non-hydrogen) atoms. The van der Waals surface area contributed by atoms with E-state index < -0.39 is 0 Å². The number of carbonyl (C=O) groups is 2. The molecule has 0 radical (unpaired) electrons. The number of methoxy groups -OCH3 is 1. The summed E-state index contributed by atoms with van der Waals surface area (Å²) >= 11 is 1.62. The number of hydrogen-bond donors (Lipinski definition) is 2. The van der Waals surface area contributed by atoms with Gasteiger partial charge in [-0.2, -0.15) is 0 Å². The van der Waals surface area contributed by atoms with E-state index in [1.54, 1.807) is 42.1 Å². The molecule has 1 amide bonds. The van der Waals surface area contributed by atoms with Crippen LogP contribution in [0.5, 0.6) is 5.75 Å². The van der Waals surface area contributed by atoms with E-state index >= 15 is 0 Å². The zero-order valence-corrected chi connectivity index (χ0v) is 15.6. The van der Waals surface area contributed by atoms with Gasteiger partial charge in [-0.25, -0.2) is 4.79 Å². The van der Waals surface area contributed by atoms with Gasteiger partial charge < -0.3 is 15.2 Å². The van der Waals surface area contributed by atoms with Crippen molar-refractivity contribution in [3.8, 4) is 5.75 Å². The van der Waals surface area contributed by atoms with Crippen LogP contribution in [0, 0.1) is 0 Å². The molecule has 0 bridgehead atoms. The van der Waals surface area contributed by atoms with E-state index in [1.807, 2.05) is 18.2 Å². The molecule has 2 aromatic carbocycles. The summed E-state index contributed by atoms with van der Waals surface area (Å²) in [6.07, 6.45) is 3.06. The number of anilines is 1. The van der Waals surface area contributed by atoms with E-state index in [2.05, 4.69) is 5.32 Å². The van der Waals surface area contributed by atoms with E-state index in [-0.39, 0.29) is 17.6 Å². The highest BCUT2D eigenvalue weighted by atomic mass is 32.2. The lowest BCUT2D eigenvalue weighted by molar-refractivity contribution is -0.116. The summed E-state index contributed by atoms with van der Waals surface area (Å²) in [5.41, 5.74) is 1.02. The fourth-order valence-corrected chi connectivity index (χ4v) is 3.46. The van der Waals surface area contributed by atoms with Crippen LogP contribution >= 0.6 is 11.8 Å². The molecule has 0 saturated heterocycles. The first kappa shape index (κ1) is 19.8. The van der Waals surface area contributed by atoms with Gasteiger partial charge in [0.15, 0.2) is 0 Å². The first-order valence-electron chi connectivity index (χ1n) is 8.50. The van der Waals surface area contributed by atoms with Crippen LogP contribution in [0.25, 0.3) is 0 Å². The van der Waals surface area contributed by atoms with Gasteiger partial charge in [0.05, 0.1) is 18.4 Å². The molecule has 5 nitrogen and oxygen atoms in total. The van der Waals surface area contributed by atoms with Crippen LogP contribution in [0.4, 0.5) is 5.69 Å². The predicted molar refractivity (Wildman–Crippen MR) is 104 cm³/mol. The fraction of sp³-hybridized carbons (Fsp3) is 0.300. The second-order valence-corrected chi connectivity index (χ2v) is 6.85. The van der Waals surface area contributed by atoms with Crippen molar-refractivity contribution in [2.24, 2.45) is 0 Å². The monoisotopic (exact) mass is 373 g/mol. The Hall–Kier alpha value is -2.47. The minimum atomic E-state index is -0.325. The van der Waals surface area contributed by atoms with Crippen LogP contribution < -0.4 is 5.32 Å². The van der Waals surface area contributed by atoms with Crippen molar-refractivity contribution in [2.45, 2.75) is 30.6 Å². The zero-order valence-electron chi connectivity index (χ0n) is 14.7. The third-order valence-corrected chi connectivity index (χ3v) is 4.94. The number of ether oxygens (including phenoxy) is 1. The lowest BCUT2D eigenvalue weighted by atomic mass is 10.2. The van der Waals surface area contributed by atoms with Gasteiger partial charge in [-0.05, 0) is 42.9 Å². The Morgan fingerprint density at radius 3 is 2.54 bits per heavy atom. The molecule has 0 aliphatic rings. The van der Waals surface area contributed by atoms with Crippen molar-refractivity contribution >= 4 is 29.3 Å². The van der Waals surface area contributed by atoms with Crippen molar-refractivity contribution in [1.29, 1.82) is 0 Å². The molecule has 0 unspecified atom stereocenters. The minimum Gasteiger partial charge on any atom is -0.506 e. The smallest absolute Gasteiger partial charge is 0.338 e. The van der Waals surface area contributed by atoms with Gasteiger partial charge in [0, 0.05) is 11.3 Å². The number of nitrogens with one attached hydrogen (secondary N) is 1. The molecule has 2 N–H and O–H groups in total. The lowest BCUT2D eigenvalue weighted by Crippen LogP contribution is -2.11. The normalized spacial score (nSPS) is 10.3. The Bertz CT molecular complexity index is 748. The van der Waals surface area contributed by atoms with Gasteiger partial charge in [-0.3, -0.25) is 4.79 Å². The standard InChI is InChI=1S/C20H23NO4S/c1-25-20(24)15-9-4-7-12-18(15)26-14-8-2-3-13-19(23)21-16-10-5-6-11-17(16)22/h4-7,9-12,22H,2-3,8,13-14H2,1H3,(H,21,23). The Labute approximate surface area is 157 Å². The molecular weight excluding hydrogens is 350 g/mol. The number of rotatable bonds is 9. The average Bonchev–Trinajstić information content (AvgIpc) is 2.66. The van der Waals surface area contributed by atoms with Gasteiger partial charge in [0.2, 0.25) is 5.91 Å². The number of carbonyl (C=O) groups excluding carboxylic acids is 2. The number of phenols is 1. The second kappa shape index (κ2) is 10.5. The molecule has 2 aromatic rings. The molecule has 2 rings (SSSR count). The quantitative estimate of drug-likeness (QED) is 0.294. The number of benzene rings is 2. The van der Waals surface area contributed by atoms with Crippen LogP contribution in [0.15, 0.2) is 53.4 Å². The number of amides is 1. The van der Waals surface area contributed by atoms with Crippen molar-refractivity contribution in [2.75, 3.05) is 18.2 Å². The van der Waals surface area contributed by atoms with Gasteiger partial charge in [-0.1, -0.05) is 30.7 Å². The highest BCUT2D eigenvalue weighted by molar-refractivity contribution is 7.99. The summed E-state index contributed by atoms with van der Waals surface area (Å²) < 4.78 is 4.79. The number of aromatic hydroxyl groups is 1. The molecule has 138 valence electrons. The molecule has 0 aliphatic heterocycles. The summed E-state index contributed by atoms with van der Waals surface area (Å²) in [7, 11) is 1.38. The number of para-hydroxylation sites is 2. The van der Waals surface area contributed by atoms with Crippen molar-refractivity contribution in [3.63, 3.8) is 0 Å². The second-order valence-electron chi connectivity index (χ2n) is 5.71.